The van der Waals surface area contributed by atoms with Gasteiger partial charge in [0.15, 0.2) is 11.9 Å². The summed E-state index contributed by atoms with van der Waals surface area (Å²) in [7, 11) is 1.37. The number of carbonyl (C=O) groups is 1. The molecule has 0 spiro atoms. The van der Waals surface area contributed by atoms with Crippen molar-refractivity contribution in [1.29, 1.82) is 0 Å². The number of ether oxygens (including phenoxy) is 3. The molecular weight excluding hydrogens is 428 g/mol. The zero-order chi connectivity index (χ0) is 23.8. The fraction of sp³-hybridized carbons (Fsp3) is 0.250. The Bertz CT molecular complexity index is 1240. The number of nitrogens with zero attached hydrogens (tertiary/aromatic N) is 2. The van der Waals surface area contributed by atoms with Gasteiger partial charge in [0.2, 0.25) is 5.88 Å². The zero-order valence-electron chi connectivity index (χ0n) is 19.4. The molecule has 6 heteroatoms. The van der Waals surface area contributed by atoms with Crippen molar-refractivity contribution in [3.63, 3.8) is 0 Å². The van der Waals surface area contributed by atoms with Crippen molar-refractivity contribution in [1.82, 2.24) is 9.97 Å². The quantitative estimate of drug-likeness (QED) is 0.225. The first-order chi connectivity index (χ1) is 16.7. The van der Waals surface area contributed by atoms with Crippen LogP contribution in [0.25, 0.3) is 22.3 Å². The van der Waals surface area contributed by atoms with E-state index in [0.29, 0.717) is 24.9 Å². The van der Waals surface area contributed by atoms with Crippen LogP contribution in [0.15, 0.2) is 78.9 Å². The highest BCUT2D eigenvalue weighted by molar-refractivity contribution is 5.85. The molecule has 0 aliphatic heterocycles. The first-order valence-electron chi connectivity index (χ1n) is 11.4. The van der Waals surface area contributed by atoms with Crippen LogP contribution in [0, 0.1) is 6.92 Å². The van der Waals surface area contributed by atoms with Crippen molar-refractivity contribution < 1.29 is 19.0 Å². The van der Waals surface area contributed by atoms with E-state index in [1.165, 1.54) is 7.11 Å². The molecule has 3 aromatic carbocycles. The van der Waals surface area contributed by atoms with Gasteiger partial charge in [-0.1, -0.05) is 66.2 Å². The van der Waals surface area contributed by atoms with E-state index in [-0.39, 0.29) is 0 Å². The van der Waals surface area contributed by atoms with Crippen LogP contribution in [0.5, 0.6) is 5.88 Å². The van der Waals surface area contributed by atoms with Gasteiger partial charge in [-0.2, -0.15) is 4.98 Å². The highest BCUT2D eigenvalue weighted by Gasteiger charge is 2.21. The first kappa shape index (κ1) is 23.4. The highest BCUT2D eigenvalue weighted by atomic mass is 16.6. The Kier molecular flexibility index (Phi) is 7.83. The van der Waals surface area contributed by atoms with Gasteiger partial charge in [0.25, 0.3) is 0 Å². The molecule has 0 aliphatic rings. The minimum absolute atomic E-state index is 0.404. The minimum atomic E-state index is -0.727. The number of aryl methyl sites for hydroxylation is 1. The van der Waals surface area contributed by atoms with E-state index in [1.807, 2.05) is 79.7 Å². The van der Waals surface area contributed by atoms with Crippen molar-refractivity contribution in [3.05, 3.63) is 90.0 Å². The Balaban J connectivity index is 1.37. The third kappa shape index (κ3) is 5.77. The summed E-state index contributed by atoms with van der Waals surface area (Å²) >= 11 is 0. The standard InChI is InChI=1S/C28H28N2O4/c1-20-11-10-14-22(19-20)26-29-24-16-7-6-15-23(24)27(30-26)34-18-9-8-17-33-25(28(31)32-2)21-12-4-3-5-13-21/h3-7,10-16,19,25H,8-9,17-18H2,1-2H3. The summed E-state index contributed by atoms with van der Waals surface area (Å²) in [6, 6.07) is 25.3. The summed E-state index contributed by atoms with van der Waals surface area (Å²) in [6.45, 7) is 2.94. The van der Waals surface area contributed by atoms with Gasteiger partial charge in [-0.15, -0.1) is 0 Å². The molecule has 0 bridgehead atoms. The monoisotopic (exact) mass is 456 g/mol. The Labute approximate surface area is 199 Å². The molecule has 0 aliphatic carbocycles. The fourth-order valence-electron chi connectivity index (χ4n) is 3.68. The van der Waals surface area contributed by atoms with E-state index in [2.05, 4.69) is 6.07 Å². The molecule has 6 nitrogen and oxygen atoms in total. The number of fused-ring (bicyclic) bond motifs is 1. The summed E-state index contributed by atoms with van der Waals surface area (Å²) < 4.78 is 16.8. The molecular formula is C28H28N2O4. The lowest BCUT2D eigenvalue weighted by molar-refractivity contribution is -0.154. The number of rotatable bonds is 10. The molecule has 1 atom stereocenters. The summed E-state index contributed by atoms with van der Waals surface area (Å²) in [5.74, 6) is 0.808. The average molecular weight is 457 g/mol. The number of benzene rings is 3. The Morgan fingerprint density at radius 2 is 1.65 bits per heavy atom. The fourth-order valence-corrected chi connectivity index (χ4v) is 3.68. The third-order valence-corrected chi connectivity index (χ3v) is 5.42. The molecule has 0 N–H and O–H groups in total. The van der Waals surface area contributed by atoms with Crippen LogP contribution in [-0.4, -0.2) is 36.3 Å². The van der Waals surface area contributed by atoms with Crippen molar-refractivity contribution in [2.75, 3.05) is 20.3 Å². The van der Waals surface area contributed by atoms with E-state index < -0.39 is 12.1 Å². The lowest BCUT2D eigenvalue weighted by Crippen LogP contribution is -2.18. The Morgan fingerprint density at radius 1 is 0.882 bits per heavy atom. The smallest absolute Gasteiger partial charge is 0.339 e. The van der Waals surface area contributed by atoms with Crippen LogP contribution in [0.1, 0.15) is 30.1 Å². The molecule has 0 saturated heterocycles. The number of carbonyl (C=O) groups excluding carboxylic acids is 1. The Morgan fingerprint density at radius 3 is 2.44 bits per heavy atom. The topological polar surface area (TPSA) is 70.5 Å². The van der Waals surface area contributed by atoms with Gasteiger partial charge in [-0.05, 0) is 43.5 Å². The third-order valence-electron chi connectivity index (χ3n) is 5.42. The molecule has 0 fully saturated rings. The van der Waals surface area contributed by atoms with Crippen LogP contribution in [0.2, 0.25) is 0 Å². The number of hydrogen-bond donors (Lipinski definition) is 0. The molecule has 1 aromatic heterocycles. The molecule has 34 heavy (non-hydrogen) atoms. The molecule has 1 heterocycles. The minimum Gasteiger partial charge on any atom is -0.477 e. The second-order valence-corrected chi connectivity index (χ2v) is 7.98. The van der Waals surface area contributed by atoms with E-state index >= 15 is 0 Å². The molecule has 0 saturated carbocycles. The largest absolute Gasteiger partial charge is 0.477 e. The van der Waals surface area contributed by atoms with Gasteiger partial charge in [0, 0.05) is 12.2 Å². The van der Waals surface area contributed by atoms with E-state index in [0.717, 1.165) is 40.4 Å². The molecule has 0 amide bonds. The van der Waals surface area contributed by atoms with Gasteiger partial charge in [-0.25, -0.2) is 9.78 Å². The molecule has 4 aromatic rings. The summed E-state index contributed by atoms with van der Waals surface area (Å²) in [6.07, 6.45) is 0.754. The van der Waals surface area contributed by atoms with E-state index in [9.17, 15) is 4.79 Å². The second kappa shape index (κ2) is 11.4. The molecule has 1 unspecified atom stereocenters. The SMILES string of the molecule is COC(=O)C(OCCCCOc1nc(-c2cccc(C)c2)nc2ccccc12)c1ccccc1. The number of para-hydroxylation sites is 1. The molecule has 0 radical (unpaired) electrons. The lowest BCUT2D eigenvalue weighted by atomic mass is 10.1. The van der Waals surface area contributed by atoms with Crippen molar-refractivity contribution in [2.45, 2.75) is 25.9 Å². The number of unbranched alkanes of at least 4 members (excludes halogenated alkanes) is 1. The van der Waals surface area contributed by atoms with Crippen molar-refractivity contribution in [2.24, 2.45) is 0 Å². The van der Waals surface area contributed by atoms with Crippen LogP contribution in [-0.2, 0) is 14.3 Å². The van der Waals surface area contributed by atoms with Gasteiger partial charge in [0.05, 0.1) is 24.6 Å². The normalized spacial score (nSPS) is 11.8. The number of esters is 1. The maximum absolute atomic E-state index is 12.1. The summed E-state index contributed by atoms with van der Waals surface area (Å²) in [5, 5.41) is 0.880. The second-order valence-electron chi connectivity index (χ2n) is 7.98. The number of aromatic nitrogens is 2. The maximum atomic E-state index is 12.1. The number of hydrogen-bond acceptors (Lipinski definition) is 6. The van der Waals surface area contributed by atoms with Crippen LogP contribution < -0.4 is 4.74 Å². The maximum Gasteiger partial charge on any atom is 0.339 e. The van der Waals surface area contributed by atoms with Crippen LogP contribution in [0.3, 0.4) is 0 Å². The van der Waals surface area contributed by atoms with E-state index in [4.69, 9.17) is 24.2 Å². The summed E-state index contributed by atoms with van der Waals surface area (Å²) in [5.41, 5.74) is 3.73. The zero-order valence-corrected chi connectivity index (χ0v) is 19.4. The van der Waals surface area contributed by atoms with Gasteiger partial charge >= 0.3 is 5.97 Å². The van der Waals surface area contributed by atoms with Crippen molar-refractivity contribution >= 4 is 16.9 Å². The molecule has 4 rings (SSSR count). The first-order valence-corrected chi connectivity index (χ1v) is 11.4. The van der Waals surface area contributed by atoms with Gasteiger partial charge < -0.3 is 14.2 Å². The average Bonchev–Trinajstić information content (AvgIpc) is 2.88. The number of methoxy groups -OCH3 is 1. The van der Waals surface area contributed by atoms with Crippen LogP contribution in [0.4, 0.5) is 0 Å². The molecule has 174 valence electrons. The van der Waals surface area contributed by atoms with Gasteiger partial charge in [0.1, 0.15) is 0 Å². The predicted molar refractivity (Wildman–Crippen MR) is 132 cm³/mol. The van der Waals surface area contributed by atoms with Gasteiger partial charge in [-0.3, -0.25) is 0 Å². The Hall–Kier alpha value is -3.77. The van der Waals surface area contributed by atoms with Crippen molar-refractivity contribution in [3.8, 4) is 17.3 Å². The van der Waals surface area contributed by atoms with Crippen LogP contribution >= 0.6 is 0 Å². The predicted octanol–water partition coefficient (Wildman–Crippen LogP) is 5.70. The summed E-state index contributed by atoms with van der Waals surface area (Å²) in [4.78, 5) is 21.6. The lowest BCUT2D eigenvalue weighted by Gasteiger charge is -2.16. The highest BCUT2D eigenvalue weighted by Crippen LogP contribution is 2.27. The van der Waals surface area contributed by atoms with E-state index in [1.54, 1.807) is 0 Å².